The Morgan fingerprint density at radius 2 is 1.43 bits per heavy atom. The van der Waals surface area contributed by atoms with Crippen molar-refractivity contribution in [2.45, 2.75) is 109 Å². The van der Waals surface area contributed by atoms with Crippen molar-refractivity contribution in [1.29, 1.82) is 0 Å². The van der Waals surface area contributed by atoms with Crippen LogP contribution in [0.25, 0.3) is 27.7 Å². The maximum absolute atomic E-state index is 2.58. The van der Waals surface area contributed by atoms with E-state index in [-0.39, 0.29) is 10.8 Å². The van der Waals surface area contributed by atoms with E-state index in [2.05, 4.69) is 170 Å². The normalized spacial score (nSPS) is 19.3. The Labute approximate surface area is 345 Å². The zero-order valence-electron chi connectivity index (χ0n) is 35.5. The number of fused-ring (bicyclic) bond motifs is 2. The molecule has 290 valence electrons. The summed E-state index contributed by atoms with van der Waals surface area (Å²) in [4.78, 5) is 7.76. The van der Waals surface area contributed by atoms with E-state index in [0.717, 1.165) is 31.1 Å². The van der Waals surface area contributed by atoms with Crippen LogP contribution in [-0.4, -0.2) is 28.2 Å². The summed E-state index contributed by atoms with van der Waals surface area (Å²) >= 11 is 3.88. The lowest BCUT2D eigenvalue weighted by Gasteiger charge is -2.29. The van der Waals surface area contributed by atoms with Gasteiger partial charge in [-0.25, -0.2) is 4.58 Å². The van der Waals surface area contributed by atoms with E-state index in [4.69, 9.17) is 0 Å². The Morgan fingerprint density at radius 1 is 0.732 bits per heavy atom. The van der Waals surface area contributed by atoms with Gasteiger partial charge in [-0.2, -0.15) is 0 Å². The molecule has 2 aromatic rings. The molecule has 0 atom stereocenters. The molecule has 0 spiro atoms. The van der Waals surface area contributed by atoms with E-state index < -0.39 is 0 Å². The minimum Gasteiger partial charge on any atom is -0.378 e. The zero-order chi connectivity index (χ0) is 39.5. The molecule has 2 nitrogen and oxygen atoms in total. The van der Waals surface area contributed by atoms with E-state index in [0.29, 0.717) is 0 Å². The Balaban J connectivity index is 1.30. The molecule has 4 aliphatic carbocycles. The van der Waals surface area contributed by atoms with Crippen LogP contribution in [-0.2, 0) is 5.41 Å². The summed E-state index contributed by atoms with van der Waals surface area (Å²) in [6.07, 6.45) is 21.0. The predicted molar refractivity (Wildman–Crippen MR) is 247 cm³/mol. The fourth-order valence-electron chi connectivity index (χ4n) is 8.11. The molecule has 0 aromatic heterocycles. The Bertz CT molecular complexity index is 2350. The van der Waals surface area contributed by atoms with Crippen LogP contribution < -0.4 is 14.8 Å². The van der Waals surface area contributed by atoms with Gasteiger partial charge in [-0.3, -0.25) is 0 Å². The molecule has 0 bridgehead atoms. The molecule has 2 heterocycles. The third-order valence-electron chi connectivity index (χ3n) is 11.9. The lowest BCUT2D eigenvalue weighted by molar-refractivity contribution is 0.533. The Kier molecular flexibility index (Phi) is 10.5. The first-order chi connectivity index (χ1) is 26.6. The van der Waals surface area contributed by atoms with E-state index >= 15 is 0 Å². The molecule has 0 N–H and O–H groups in total. The molecule has 56 heavy (non-hydrogen) atoms. The van der Waals surface area contributed by atoms with Crippen LogP contribution in [0, 0.1) is 5.41 Å². The average Bonchev–Trinajstić information content (AvgIpc) is 4.08. The van der Waals surface area contributed by atoms with Crippen LogP contribution in [0.4, 0.5) is 5.69 Å². The van der Waals surface area contributed by atoms with Crippen molar-refractivity contribution in [1.82, 2.24) is 4.58 Å². The Morgan fingerprint density at radius 3 is 2.05 bits per heavy atom. The lowest BCUT2D eigenvalue weighted by Crippen LogP contribution is -2.21. The van der Waals surface area contributed by atoms with Crippen LogP contribution in [0.2, 0.25) is 0 Å². The van der Waals surface area contributed by atoms with E-state index in [1.54, 1.807) is 11.1 Å². The standard InChI is InChI=1S/C52H61N2S2/c1-51(2,3)48-29-37(44-24-22-42(53(7)8)31-46(44)55-48)20-18-35-12-11-13-36(50(35)41-27-39(33-14-15-33)26-40(28-41)34-16-17-34)19-21-38-30-49(52(4,5)6)56-47-32-43(54(9)10)23-25-45(38)47/h18-34H,11-17H2,1-10H3/q+1. The van der Waals surface area contributed by atoms with Gasteiger partial charge in [-0.15, -0.1) is 11.3 Å². The topological polar surface area (TPSA) is 6.25 Å². The maximum Gasteiger partial charge on any atom is 0.200 e. The summed E-state index contributed by atoms with van der Waals surface area (Å²) in [5.74, 6) is 1.46. The van der Waals surface area contributed by atoms with Crippen molar-refractivity contribution >= 4 is 46.0 Å². The summed E-state index contributed by atoms with van der Waals surface area (Å²) in [5, 5.41) is 1.25. The molecular formula is C52H61N2S2+. The van der Waals surface area contributed by atoms with Crippen molar-refractivity contribution in [3.63, 3.8) is 0 Å². The molecule has 4 heteroatoms. The number of allylic oxidation sites excluding steroid dienone is 9. The minimum absolute atomic E-state index is 0.0717. The number of hydrogen-bond acceptors (Lipinski definition) is 3. The van der Waals surface area contributed by atoms with Crippen molar-refractivity contribution in [3.8, 4) is 10.4 Å². The monoisotopic (exact) mass is 777 g/mol. The summed E-state index contributed by atoms with van der Waals surface area (Å²) in [6, 6.07) is 24.1. The summed E-state index contributed by atoms with van der Waals surface area (Å²) < 4.78 is 2.21. The fourth-order valence-corrected chi connectivity index (χ4v) is 10.5. The second-order valence-electron chi connectivity index (χ2n) is 19.2. The van der Waals surface area contributed by atoms with E-state index in [1.807, 2.05) is 23.1 Å². The minimum atomic E-state index is 0.0717. The Hall–Kier alpha value is -3.86. The molecule has 0 amide bonds. The first kappa shape index (κ1) is 39.0. The summed E-state index contributed by atoms with van der Waals surface area (Å²) in [6.45, 7) is 14.1. The molecule has 0 saturated heterocycles. The van der Waals surface area contributed by atoms with Crippen LogP contribution in [0.3, 0.4) is 0 Å². The number of rotatable bonds is 7. The molecule has 0 unspecified atom stereocenters. The lowest BCUT2D eigenvalue weighted by atomic mass is 9.81. The van der Waals surface area contributed by atoms with Crippen LogP contribution in [0.5, 0.6) is 0 Å². The quantitative estimate of drug-likeness (QED) is 0.172. The highest BCUT2D eigenvalue weighted by Gasteiger charge is 2.31. The highest BCUT2D eigenvalue weighted by Crippen LogP contribution is 2.50. The van der Waals surface area contributed by atoms with Gasteiger partial charge in [-0.1, -0.05) is 102 Å². The molecule has 2 saturated carbocycles. The van der Waals surface area contributed by atoms with E-state index in [9.17, 15) is 0 Å². The van der Waals surface area contributed by atoms with Crippen molar-refractivity contribution in [2.75, 3.05) is 33.1 Å². The number of thioether (sulfide) groups is 1. The van der Waals surface area contributed by atoms with Crippen molar-refractivity contribution in [2.24, 2.45) is 5.41 Å². The number of benzene rings is 3. The van der Waals surface area contributed by atoms with Crippen molar-refractivity contribution in [3.05, 3.63) is 139 Å². The van der Waals surface area contributed by atoms with Crippen LogP contribution >= 0.6 is 23.1 Å². The SMILES string of the molecule is CN(C)c1ccc2c(c1)SC(C(C)(C)C)=C/C2=C\C=C1/CCCC(/C=C/c2cc(C(C)(C)C)sc3cc(=[N+](C)C)ccc2-3)=C1c1cc(C2CC2)cc(C2CC2)c1. The van der Waals surface area contributed by atoms with Crippen molar-refractivity contribution < 1.29 is 0 Å². The van der Waals surface area contributed by atoms with E-state index in [1.165, 1.54) is 101 Å². The molecule has 2 aromatic carbocycles. The summed E-state index contributed by atoms with van der Waals surface area (Å²) in [7, 11) is 8.55. The molecule has 6 aliphatic rings. The van der Waals surface area contributed by atoms with Gasteiger partial charge in [-0.05, 0) is 159 Å². The highest BCUT2D eigenvalue weighted by atomic mass is 32.2. The van der Waals surface area contributed by atoms with Gasteiger partial charge in [0, 0.05) is 46.6 Å². The zero-order valence-corrected chi connectivity index (χ0v) is 37.1. The second kappa shape index (κ2) is 15.1. The largest absolute Gasteiger partial charge is 0.378 e. The smallest absolute Gasteiger partial charge is 0.200 e. The molecular weight excluding hydrogens is 717 g/mol. The molecule has 2 aliphatic heterocycles. The predicted octanol–water partition coefficient (Wildman–Crippen LogP) is 13.7. The number of nitrogens with zero attached hydrogens (tertiary/aromatic N) is 2. The third kappa shape index (κ3) is 8.39. The molecule has 0 radical (unpaired) electrons. The third-order valence-corrected chi connectivity index (χ3v) is 14.9. The van der Waals surface area contributed by atoms with Gasteiger partial charge < -0.3 is 4.90 Å². The van der Waals surface area contributed by atoms with Gasteiger partial charge in [0.05, 0.1) is 0 Å². The van der Waals surface area contributed by atoms with Gasteiger partial charge in [0.25, 0.3) is 0 Å². The van der Waals surface area contributed by atoms with Gasteiger partial charge in [0.2, 0.25) is 5.36 Å². The number of anilines is 1. The second-order valence-corrected chi connectivity index (χ2v) is 21.3. The maximum atomic E-state index is 2.58. The molecule has 8 rings (SSSR count). The first-order valence-corrected chi connectivity index (χ1v) is 22.5. The fraction of sp³-hybridized carbons (Fsp3) is 0.404. The first-order valence-electron chi connectivity index (χ1n) is 20.9. The summed E-state index contributed by atoms with van der Waals surface area (Å²) in [5.41, 5.74) is 15.7. The number of hydrogen-bond donors (Lipinski definition) is 0. The average molecular weight is 778 g/mol. The van der Waals surface area contributed by atoms with Gasteiger partial charge in [0.1, 0.15) is 14.1 Å². The van der Waals surface area contributed by atoms with Crippen LogP contribution in [0.1, 0.15) is 131 Å². The molecule has 2 fully saturated rings. The van der Waals surface area contributed by atoms with Crippen LogP contribution in [0.15, 0.2) is 106 Å². The van der Waals surface area contributed by atoms with Gasteiger partial charge in [0.15, 0.2) is 0 Å². The highest BCUT2D eigenvalue weighted by molar-refractivity contribution is 8.03. The van der Waals surface area contributed by atoms with Gasteiger partial charge >= 0.3 is 0 Å².